The number of hydrogen-bond donors (Lipinski definition) is 1. The molecule has 0 radical (unpaired) electrons. The molecular weight excluding hydrogens is 519 g/mol. The summed E-state index contributed by atoms with van der Waals surface area (Å²) >= 11 is 14.6. The summed E-state index contributed by atoms with van der Waals surface area (Å²) in [5, 5.41) is 13.1. The predicted molar refractivity (Wildman–Crippen MR) is 135 cm³/mol. The number of aromatic nitrogens is 3. The molecule has 0 aliphatic heterocycles. The van der Waals surface area contributed by atoms with Gasteiger partial charge in [0.2, 0.25) is 5.91 Å². The number of anilines is 1. The molecule has 8 nitrogen and oxygen atoms in total. The van der Waals surface area contributed by atoms with E-state index in [9.17, 15) is 9.59 Å². The van der Waals surface area contributed by atoms with Gasteiger partial charge in [-0.2, -0.15) is 0 Å². The number of nitrogens with zero attached hydrogens (tertiary/aromatic N) is 3. The summed E-state index contributed by atoms with van der Waals surface area (Å²) in [5.41, 5.74) is 1.16. The van der Waals surface area contributed by atoms with Gasteiger partial charge in [-0.25, -0.2) is 4.79 Å². The van der Waals surface area contributed by atoms with Crippen molar-refractivity contribution in [3.8, 4) is 5.75 Å². The minimum absolute atomic E-state index is 0.0652. The highest BCUT2D eigenvalue weighted by molar-refractivity contribution is 7.99. The van der Waals surface area contributed by atoms with Crippen molar-refractivity contribution >= 4 is 63.2 Å². The van der Waals surface area contributed by atoms with Crippen LogP contribution in [0.15, 0.2) is 36.0 Å². The molecule has 12 heteroatoms. The molecule has 1 aromatic carbocycles. The van der Waals surface area contributed by atoms with Crippen LogP contribution >= 0.6 is 46.3 Å². The second-order valence-electron chi connectivity index (χ2n) is 6.98. The van der Waals surface area contributed by atoms with Crippen molar-refractivity contribution in [2.75, 3.05) is 18.2 Å². The Morgan fingerprint density at radius 3 is 2.74 bits per heavy atom. The summed E-state index contributed by atoms with van der Waals surface area (Å²) in [4.78, 5) is 25.7. The van der Waals surface area contributed by atoms with Gasteiger partial charge in [0, 0.05) is 16.4 Å². The van der Waals surface area contributed by atoms with Crippen LogP contribution in [-0.4, -0.2) is 39.5 Å². The normalized spacial score (nSPS) is 10.7. The second kappa shape index (κ2) is 11.7. The van der Waals surface area contributed by atoms with Crippen molar-refractivity contribution in [2.24, 2.45) is 0 Å². The Kier molecular flexibility index (Phi) is 9.01. The molecule has 2 aromatic heterocycles. The average molecular weight is 541 g/mol. The highest BCUT2D eigenvalue weighted by Crippen LogP contribution is 2.33. The van der Waals surface area contributed by atoms with Gasteiger partial charge in [-0.15, -0.1) is 28.1 Å². The number of carbonyl (C=O) groups excluding carboxylic acids is 2. The summed E-state index contributed by atoms with van der Waals surface area (Å²) in [7, 11) is 1.31. The number of nitrogens with one attached hydrogen (secondary N) is 1. The number of thioether (sulfide) groups is 1. The molecule has 0 saturated carbocycles. The maximum Gasteiger partial charge on any atom is 0.341 e. The van der Waals surface area contributed by atoms with E-state index in [1.165, 1.54) is 30.2 Å². The first-order valence-corrected chi connectivity index (χ1v) is 12.5. The summed E-state index contributed by atoms with van der Waals surface area (Å²) in [5.74, 6) is 0.314. The Hall–Kier alpha value is -2.53. The zero-order valence-corrected chi connectivity index (χ0v) is 21.8. The molecule has 0 saturated heterocycles. The maximum atomic E-state index is 12.6. The fraction of sp³-hybridized carbons (Fsp3) is 0.273. The van der Waals surface area contributed by atoms with E-state index in [0.29, 0.717) is 43.9 Å². The zero-order chi connectivity index (χ0) is 24.8. The zero-order valence-electron chi connectivity index (χ0n) is 18.7. The quantitative estimate of drug-likeness (QED) is 0.204. The lowest BCUT2D eigenvalue weighted by Crippen LogP contribution is -2.16. The van der Waals surface area contributed by atoms with Gasteiger partial charge in [-0.1, -0.05) is 41.0 Å². The van der Waals surface area contributed by atoms with Crippen LogP contribution in [-0.2, 0) is 22.7 Å². The van der Waals surface area contributed by atoms with Crippen molar-refractivity contribution in [3.05, 3.63) is 62.7 Å². The third-order valence-corrected chi connectivity index (χ3v) is 7.34. The number of ether oxygens (including phenoxy) is 2. The number of esters is 1. The monoisotopic (exact) mass is 540 g/mol. The largest absolute Gasteiger partial charge is 0.484 e. The fourth-order valence-corrected chi connectivity index (χ4v) is 5.23. The summed E-state index contributed by atoms with van der Waals surface area (Å²) in [6.07, 6.45) is 1.70. The lowest BCUT2D eigenvalue weighted by molar-refractivity contribution is -0.113. The Labute approximate surface area is 215 Å². The molecule has 0 bridgehead atoms. The lowest BCUT2D eigenvalue weighted by atomic mass is 10.1. The molecule has 3 rings (SSSR count). The number of carbonyl (C=O) groups is 2. The predicted octanol–water partition coefficient (Wildman–Crippen LogP) is 5.55. The number of benzene rings is 1. The van der Waals surface area contributed by atoms with Crippen LogP contribution < -0.4 is 10.1 Å². The second-order valence-corrected chi connectivity index (χ2v) is 9.99. The molecular formula is C22H22Cl2N4O4S2. The standard InChI is InChI=1S/C22H22Cl2N4O4S2/c1-5-8-28-17(10-32-16-7-6-14(23)9-15(16)24)26-27-22(28)33-11-18(29)25-20-19(21(30)31-4)12(2)13(3)34-20/h5-7,9H,1,8,10-11H2,2-4H3,(H,25,29). The van der Waals surface area contributed by atoms with E-state index in [1.54, 1.807) is 28.8 Å². The molecule has 0 unspecified atom stereocenters. The molecule has 1 N–H and O–H groups in total. The SMILES string of the molecule is C=CCn1c(COc2ccc(Cl)cc2Cl)nnc1SCC(=O)Nc1sc(C)c(C)c1C(=O)OC. The Morgan fingerprint density at radius 1 is 1.29 bits per heavy atom. The van der Waals surface area contributed by atoms with Crippen LogP contribution in [0.5, 0.6) is 5.75 Å². The Morgan fingerprint density at radius 2 is 2.06 bits per heavy atom. The van der Waals surface area contributed by atoms with Crippen LogP contribution in [0.3, 0.4) is 0 Å². The van der Waals surface area contributed by atoms with Gasteiger partial charge in [0.1, 0.15) is 17.4 Å². The first-order valence-electron chi connectivity index (χ1n) is 9.96. The maximum absolute atomic E-state index is 12.6. The molecule has 0 atom stereocenters. The average Bonchev–Trinajstić information content (AvgIpc) is 3.31. The molecule has 1 amide bonds. The van der Waals surface area contributed by atoms with Gasteiger partial charge in [0.25, 0.3) is 0 Å². The van der Waals surface area contributed by atoms with Gasteiger partial charge in [0.15, 0.2) is 11.0 Å². The Balaban J connectivity index is 1.67. The smallest absolute Gasteiger partial charge is 0.341 e. The van der Waals surface area contributed by atoms with Crippen LogP contribution in [0.2, 0.25) is 10.0 Å². The van der Waals surface area contributed by atoms with Gasteiger partial charge in [0.05, 0.1) is 23.4 Å². The highest BCUT2D eigenvalue weighted by atomic mass is 35.5. The number of aryl methyl sites for hydroxylation is 1. The summed E-state index contributed by atoms with van der Waals surface area (Å²) in [6, 6.07) is 4.95. The minimum atomic E-state index is -0.485. The molecule has 0 fully saturated rings. The first-order chi connectivity index (χ1) is 16.2. The van der Waals surface area contributed by atoms with Crippen molar-refractivity contribution in [1.82, 2.24) is 14.8 Å². The molecule has 180 valence electrons. The van der Waals surface area contributed by atoms with Crippen LogP contribution in [0.4, 0.5) is 5.00 Å². The van der Waals surface area contributed by atoms with E-state index in [0.717, 1.165) is 10.4 Å². The molecule has 2 heterocycles. The van der Waals surface area contributed by atoms with Gasteiger partial charge in [-0.05, 0) is 37.6 Å². The molecule has 0 aliphatic rings. The third kappa shape index (κ3) is 6.12. The van der Waals surface area contributed by atoms with E-state index in [2.05, 4.69) is 22.1 Å². The Bertz CT molecular complexity index is 1230. The number of thiophene rings is 1. The van der Waals surface area contributed by atoms with Crippen molar-refractivity contribution in [3.63, 3.8) is 0 Å². The van der Waals surface area contributed by atoms with Crippen LogP contribution in [0.1, 0.15) is 26.6 Å². The number of amides is 1. The van der Waals surface area contributed by atoms with E-state index in [4.69, 9.17) is 32.7 Å². The number of allylic oxidation sites excluding steroid dienone is 1. The minimum Gasteiger partial charge on any atom is -0.484 e. The van der Waals surface area contributed by atoms with Crippen LogP contribution in [0.25, 0.3) is 0 Å². The number of rotatable bonds is 10. The fourth-order valence-electron chi connectivity index (χ4n) is 2.94. The lowest BCUT2D eigenvalue weighted by Gasteiger charge is -2.10. The van der Waals surface area contributed by atoms with Gasteiger partial charge in [-0.3, -0.25) is 9.36 Å². The van der Waals surface area contributed by atoms with Crippen LogP contribution in [0, 0.1) is 13.8 Å². The molecule has 0 spiro atoms. The number of hydrogen-bond acceptors (Lipinski definition) is 8. The summed E-state index contributed by atoms with van der Waals surface area (Å²) in [6.45, 7) is 8.02. The number of methoxy groups -OCH3 is 1. The molecule has 34 heavy (non-hydrogen) atoms. The molecule has 0 aliphatic carbocycles. The van der Waals surface area contributed by atoms with E-state index < -0.39 is 5.97 Å². The van der Waals surface area contributed by atoms with E-state index >= 15 is 0 Å². The topological polar surface area (TPSA) is 95.3 Å². The molecule has 3 aromatic rings. The van der Waals surface area contributed by atoms with Crippen molar-refractivity contribution in [2.45, 2.75) is 32.2 Å². The van der Waals surface area contributed by atoms with Crippen molar-refractivity contribution < 1.29 is 19.1 Å². The first kappa shape index (κ1) is 26.1. The van der Waals surface area contributed by atoms with Crippen molar-refractivity contribution in [1.29, 1.82) is 0 Å². The number of halogens is 2. The highest BCUT2D eigenvalue weighted by Gasteiger charge is 2.22. The van der Waals surface area contributed by atoms with Gasteiger partial charge < -0.3 is 14.8 Å². The van der Waals surface area contributed by atoms with E-state index in [-0.39, 0.29) is 18.3 Å². The van der Waals surface area contributed by atoms with E-state index in [1.807, 2.05) is 13.8 Å². The summed E-state index contributed by atoms with van der Waals surface area (Å²) < 4.78 is 12.4. The third-order valence-electron chi connectivity index (χ3n) is 4.72. The van der Waals surface area contributed by atoms with Gasteiger partial charge >= 0.3 is 5.97 Å².